The molecule has 3 heteroatoms. The Kier molecular flexibility index (Phi) is 7.83. The molecule has 1 aromatic carbocycles. The third kappa shape index (κ3) is 7.91. The molecule has 0 amide bonds. The Morgan fingerprint density at radius 3 is 2.00 bits per heavy atom. The third-order valence-electron chi connectivity index (χ3n) is 0.587. The molecule has 0 aliphatic carbocycles. The number of carbonyl (C=O) groups excluding carboxylic acids is 1. The number of hydrogen-bond acceptors (Lipinski definition) is 1. The van der Waals surface area contributed by atoms with Gasteiger partial charge in [0, 0.05) is 0 Å². The van der Waals surface area contributed by atoms with Crippen molar-refractivity contribution in [2.24, 2.45) is 0 Å². The van der Waals surface area contributed by atoms with E-state index in [0.29, 0.717) is 0 Å². The topological polar surface area (TPSA) is 17.1 Å². The van der Waals surface area contributed by atoms with Crippen molar-refractivity contribution in [1.82, 2.24) is 0 Å². The van der Waals surface area contributed by atoms with Crippen LogP contribution in [0, 0.1) is 0 Å². The van der Waals surface area contributed by atoms with Gasteiger partial charge in [-0.15, -0.1) is 0 Å². The van der Waals surface area contributed by atoms with Gasteiger partial charge < -0.3 is 0 Å². The molecular formula is C6H5ClMoO-. The summed E-state index contributed by atoms with van der Waals surface area (Å²) in [6.45, 7) is 0. The second-order valence-corrected chi connectivity index (χ2v) is 2.82. The molecule has 0 aliphatic rings. The van der Waals surface area contributed by atoms with Crippen LogP contribution >= 0.6 is 9.42 Å². The molecule has 0 bridgehead atoms. The number of rotatable bonds is 0. The minimum Gasteiger partial charge on any atom is -0.214 e. The molecule has 0 N–H and O–H groups in total. The maximum absolute atomic E-state index is 8.97. The van der Waals surface area contributed by atoms with Crippen LogP contribution in [0.5, 0.6) is 0 Å². The molecule has 0 heterocycles. The maximum atomic E-state index is 8.97. The van der Waals surface area contributed by atoms with Gasteiger partial charge >= 0.3 is 35.5 Å². The van der Waals surface area contributed by atoms with Crippen molar-refractivity contribution in [1.29, 1.82) is 0 Å². The summed E-state index contributed by atoms with van der Waals surface area (Å²) in [5, 5.41) is 0. The van der Waals surface area contributed by atoms with Gasteiger partial charge in [0.1, 0.15) is 0 Å². The first-order valence-electron chi connectivity index (χ1n) is 2.23. The van der Waals surface area contributed by atoms with Gasteiger partial charge in [0.05, 0.1) is 0 Å². The summed E-state index contributed by atoms with van der Waals surface area (Å²) < 4.78 is 1.58. The van der Waals surface area contributed by atoms with Crippen LogP contribution < -0.4 is 0 Å². The van der Waals surface area contributed by atoms with Gasteiger partial charge in [0.25, 0.3) is 0 Å². The number of hydrogen-bond donors (Lipinski definition) is 0. The summed E-state index contributed by atoms with van der Waals surface area (Å²) >= 11 is -0.852. The van der Waals surface area contributed by atoms with Crippen LogP contribution in [-0.2, 0) is 21.9 Å². The Bertz CT molecular complexity index is 148. The zero-order valence-corrected chi connectivity index (χ0v) is 7.34. The van der Waals surface area contributed by atoms with Crippen molar-refractivity contribution in [3.63, 3.8) is 0 Å². The van der Waals surface area contributed by atoms with E-state index in [-0.39, 0.29) is 0 Å². The van der Waals surface area contributed by atoms with E-state index in [4.69, 9.17) is 14.2 Å². The van der Waals surface area contributed by atoms with Gasteiger partial charge in [-0.25, -0.2) is 12.1 Å². The van der Waals surface area contributed by atoms with Crippen LogP contribution in [0.4, 0.5) is 0 Å². The number of halogens is 1. The molecule has 1 aromatic rings. The summed E-state index contributed by atoms with van der Waals surface area (Å²) in [5.74, 6) is 0. The van der Waals surface area contributed by atoms with E-state index in [1.807, 2.05) is 30.3 Å². The molecule has 0 atom stereocenters. The normalized spacial score (nSPS) is 6.33. The van der Waals surface area contributed by atoms with Crippen LogP contribution in [0.15, 0.2) is 30.3 Å². The maximum Gasteiger partial charge on any atom is -0.172 e. The Labute approximate surface area is 66.0 Å². The predicted molar refractivity (Wildman–Crippen MR) is 33.6 cm³/mol. The smallest absolute Gasteiger partial charge is 0.172 e. The Morgan fingerprint density at radius 1 is 1.44 bits per heavy atom. The summed E-state index contributed by atoms with van der Waals surface area (Å²) in [5.41, 5.74) is 0. The molecule has 0 aliphatic heterocycles. The largest absolute Gasteiger partial charge is 0.214 e. The molecule has 0 saturated carbocycles. The van der Waals surface area contributed by atoms with Crippen molar-refractivity contribution in [3.8, 4) is 0 Å². The third-order valence-corrected chi connectivity index (χ3v) is 1.11. The van der Waals surface area contributed by atoms with Gasteiger partial charge in [-0.05, 0) is 0 Å². The van der Waals surface area contributed by atoms with Crippen LogP contribution in [0.1, 0.15) is 0 Å². The predicted octanol–water partition coefficient (Wildman–Crippen LogP) is 1.70. The van der Waals surface area contributed by atoms with Crippen LogP contribution in [0.25, 0.3) is 0 Å². The van der Waals surface area contributed by atoms with Crippen molar-refractivity contribution in [3.05, 3.63) is 30.3 Å². The molecule has 9 heavy (non-hydrogen) atoms. The molecule has 1 rings (SSSR count). The van der Waals surface area contributed by atoms with E-state index in [1.54, 1.807) is 4.27 Å². The van der Waals surface area contributed by atoms with Gasteiger partial charge in [-0.1, -0.05) is 0 Å². The molecule has 49 valence electrons. The summed E-state index contributed by atoms with van der Waals surface area (Å²) in [6.07, 6.45) is 0. The summed E-state index contributed by atoms with van der Waals surface area (Å²) in [6, 6.07) is 10.0. The first-order valence-corrected chi connectivity index (χ1v) is 5.82. The van der Waals surface area contributed by atoms with E-state index in [0.717, 1.165) is 0 Å². The monoisotopic (exact) mass is 226 g/mol. The van der Waals surface area contributed by atoms with Gasteiger partial charge in [0.15, 0.2) is 0 Å². The Balaban J connectivity index is 0.000000148. The van der Waals surface area contributed by atoms with E-state index in [9.17, 15) is 0 Å². The Morgan fingerprint density at radius 2 is 1.89 bits per heavy atom. The van der Waals surface area contributed by atoms with E-state index in [1.165, 1.54) is 0 Å². The van der Waals surface area contributed by atoms with Crippen molar-refractivity contribution in [2.75, 3.05) is 0 Å². The van der Waals surface area contributed by atoms with E-state index in [2.05, 4.69) is 0 Å². The van der Waals surface area contributed by atoms with Crippen LogP contribution in [-0.4, -0.2) is 4.27 Å². The minimum atomic E-state index is -0.852. The molecule has 0 unspecified atom stereocenters. The van der Waals surface area contributed by atoms with Crippen molar-refractivity contribution >= 4 is 13.7 Å². The average molecular weight is 224 g/mol. The molecule has 0 aromatic heterocycles. The van der Waals surface area contributed by atoms with Gasteiger partial charge in [0.2, 0.25) is 0 Å². The fourth-order valence-electron chi connectivity index (χ4n) is 0.321. The fourth-order valence-corrected chi connectivity index (χ4v) is 0.321. The van der Waals surface area contributed by atoms with E-state index < -0.39 is 17.1 Å². The molecular weight excluding hydrogens is 219 g/mol. The summed E-state index contributed by atoms with van der Waals surface area (Å²) in [4.78, 5) is 8.97. The molecule has 1 nitrogen and oxygen atoms in total. The first-order chi connectivity index (χ1) is 4.41. The van der Waals surface area contributed by atoms with Crippen LogP contribution in [0.2, 0.25) is 0 Å². The van der Waals surface area contributed by atoms with E-state index >= 15 is 0 Å². The quantitative estimate of drug-likeness (QED) is 0.484. The zero-order chi connectivity index (χ0) is 6.95. The zero-order valence-electron chi connectivity index (χ0n) is 4.58. The second-order valence-electron chi connectivity index (χ2n) is 1.12. The van der Waals surface area contributed by atoms with Gasteiger partial charge in [-0.2, -0.15) is 18.2 Å². The molecule has 0 fully saturated rings. The van der Waals surface area contributed by atoms with Gasteiger partial charge in [-0.3, -0.25) is 0 Å². The van der Waals surface area contributed by atoms with Crippen molar-refractivity contribution in [2.45, 2.75) is 0 Å². The van der Waals surface area contributed by atoms with Crippen LogP contribution in [0.3, 0.4) is 0 Å². The Hall–Kier alpha value is -0.0917. The molecule has 0 radical (unpaired) electrons. The first kappa shape index (κ1) is 8.91. The SMILES string of the molecule is O=[C]=[Mo][Cl].c1cc[cH-]c1. The second kappa shape index (κ2) is 7.91. The fraction of sp³-hybridized carbons (Fsp3) is 0. The minimum absolute atomic E-state index is 0.852. The molecule has 0 saturated heterocycles. The van der Waals surface area contributed by atoms with Crippen molar-refractivity contribution < 1.29 is 21.9 Å². The summed E-state index contributed by atoms with van der Waals surface area (Å²) in [7, 11) is 4.89. The standard InChI is InChI=1S/C5H5.CO.ClH.Mo/c1-2-4-5-3-1;1-2;;/h1-5H;;1H;/q-1;;;+1/p-1. The average Bonchev–Trinajstić information content (AvgIpc) is 2.43. The molecule has 0 spiro atoms.